The normalized spacial score (nSPS) is 16.0. The Morgan fingerprint density at radius 2 is 2.50 bits per heavy atom. The van der Waals surface area contributed by atoms with E-state index in [2.05, 4.69) is 20.2 Å². The SMILES string of the molecule is O=C(NCc1cnns1)NC1CCC1. The Hall–Kier alpha value is -1.17. The van der Waals surface area contributed by atoms with E-state index in [0.717, 1.165) is 17.7 Å². The topological polar surface area (TPSA) is 66.9 Å². The first-order chi connectivity index (χ1) is 6.84. The molecule has 0 aliphatic heterocycles. The van der Waals surface area contributed by atoms with Gasteiger partial charge in [-0.3, -0.25) is 0 Å². The zero-order valence-electron chi connectivity index (χ0n) is 7.69. The van der Waals surface area contributed by atoms with Gasteiger partial charge in [0.15, 0.2) is 0 Å². The van der Waals surface area contributed by atoms with Crippen LogP contribution in [0.2, 0.25) is 0 Å². The van der Waals surface area contributed by atoms with Crippen LogP contribution in [0.4, 0.5) is 4.79 Å². The number of amides is 2. The first kappa shape index (κ1) is 9.39. The van der Waals surface area contributed by atoms with E-state index in [4.69, 9.17) is 0 Å². The highest BCUT2D eigenvalue weighted by atomic mass is 32.1. The predicted molar refractivity (Wildman–Crippen MR) is 52.9 cm³/mol. The van der Waals surface area contributed by atoms with Crippen molar-refractivity contribution < 1.29 is 4.79 Å². The summed E-state index contributed by atoms with van der Waals surface area (Å²) >= 11 is 1.30. The Morgan fingerprint density at radius 1 is 1.64 bits per heavy atom. The highest BCUT2D eigenvalue weighted by molar-refractivity contribution is 7.05. The summed E-state index contributed by atoms with van der Waals surface area (Å²) in [6, 6.07) is 0.290. The molecule has 0 atom stereocenters. The molecule has 1 heterocycles. The summed E-state index contributed by atoms with van der Waals surface area (Å²) in [6.45, 7) is 0.510. The van der Waals surface area contributed by atoms with Crippen molar-refractivity contribution in [3.63, 3.8) is 0 Å². The molecule has 6 heteroatoms. The van der Waals surface area contributed by atoms with Crippen LogP contribution in [0.1, 0.15) is 24.1 Å². The highest BCUT2D eigenvalue weighted by Gasteiger charge is 2.18. The fourth-order valence-electron chi connectivity index (χ4n) is 1.22. The van der Waals surface area contributed by atoms with Crippen LogP contribution in [0.15, 0.2) is 6.20 Å². The van der Waals surface area contributed by atoms with Crippen LogP contribution in [0.3, 0.4) is 0 Å². The molecule has 14 heavy (non-hydrogen) atoms. The van der Waals surface area contributed by atoms with Gasteiger partial charge in [0, 0.05) is 6.04 Å². The van der Waals surface area contributed by atoms with E-state index in [1.807, 2.05) is 0 Å². The lowest BCUT2D eigenvalue weighted by Crippen LogP contribution is -2.44. The fraction of sp³-hybridized carbons (Fsp3) is 0.625. The van der Waals surface area contributed by atoms with E-state index < -0.39 is 0 Å². The Kier molecular flexibility index (Phi) is 2.93. The first-order valence-corrected chi connectivity index (χ1v) is 5.42. The van der Waals surface area contributed by atoms with Crippen LogP contribution in [0.25, 0.3) is 0 Å². The van der Waals surface area contributed by atoms with E-state index in [0.29, 0.717) is 12.6 Å². The monoisotopic (exact) mass is 212 g/mol. The van der Waals surface area contributed by atoms with Crippen molar-refractivity contribution in [1.82, 2.24) is 20.2 Å². The molecule has 1 aliphatic rings. The molecule has 0 saturated heterocycles. The number of rotatable bonds is 3. The molecular formula is C8H12N4OS. The lowest BCUT2D eigenvalue weighted by Gasteiger charge is -2.26. The summed E-state index contributed by atoms with van der Waals surface area (Å²) in [5.74, 6) is 0. The minimum Gasteiger partial charge on any atom is -0.335 e. The molecular weight excluding hydrogens is 200 g/mol. The second kappa shape index (κ2) is 4.36. The molecule has 2 N–H and O–H groups in total. The fourth-order valence-corrected chi connectivity index (χ4v) is 1.65. The first-order valence-electron chi connectivity index (χ1n) is 4.65. The number of aromatic nitrogens is 2. The molecule has 0 radical (unpaired) electrons. The number of urea groups is 1. The van der Waals surface area contributed by atoms with Gasteiger partial charge >= 0.3 is 6.03 Å². The van der Waals surface area contributed by atoms with Crippen LogP contribution >= 0.6 is 11.5 Å². The van der Waals surface area contributed by atoms with E-state index in [9.17, 15) is 4.79 Å². The van der Waals surface area contributed by atoms with E-state index in [1.54, 1.807) is 6.20 Å². The van der Waals surface area contributed by atoms with E-state index >= 15 is 0 Å². The molecule has 2 amide bonds. The lowest BCUT2D eigenvalue weighted by molar-refractivity contribution is 0.228. The third-order valence-electron chi connectivity index (χ3n) is 2.27. The number of carbonyl (C=O) groups excluding carboxylic acids is 1. The van der Waals surface area contributed by atoms with Gasteiger partial charge in [-0.05, 0) is 30.8 Å². The van der Waals surface area contributed by atoms with Gasteiger partial charge in [-0.15, -0.1) is 5.10 Å². The van der Waals surface area contributed by atoms with E-state index in [-0.39, 0.29) is 6.03 Å². The number of nitrogens with zero attached hydrogens (tertiary/aromatic N) is 2. The molecule has 2 rings (SSSR count). The summed E-state index contributed by atoms with van der Waals surface area (Å²) in [6.07, 6.45) is 5.10. The molecule has 76 valence electrons. The van der Waals surface area contributed by atoms with Gasteiger partial charge in [-0.2, -0.15) is 0 Å². The van der Waals surface area contributed by atoms with Crippen molar-refractivity contribution in [2.75, 3.05) is 0 Å². The van der Waals surface area contributed by atoms with Gasteiger partial charge in [0.25, 0.3) is 0 Å². The van der Waals surface area contributed by atoms with Crippen molar-refractivity contribution in [2.45, 2.75) is 31.8 Å². The molecule has 0 spiro atoms. The number of carbonyl (C=O) groups is 1. The maximum absolute atomic E-state index is 11.3. The minimum absolute atomic E-state index is 0.0944. The lowest BCUT2D eigenvalue weighted by atomic mass is 9.93. The summed E-state index contributed by atoms with van der Waals surface area (Å²) in [5, 5.41) is 9.34. The summed E-state index contributed by atoms with van der Waals surface area (Å²) in [5.41, 5.74) is 0. The molecule has 1 saturated carbocycles. The van der Waals surface area contributed by atoms with Crippen LogP contribution in [-0.2, 0) is 6.54 Å². The predicted octanol–water partition coefficient (Wildman–Crippen LogP) is 0.890. The van der Waals surface area contributed by atoms with Gasteiger partial charge < -0.3 is 10.6 Å². The van der Waals surface area contributed by atoms with Gasteiger partial charge in [0.1, 0.15) is 0 Å². The average molecular weight is 212 g/mol. The number of hydrogen-bond donors (Lipinski definition) is 2. The van der Waals surface area contributed by atoms with Crippen molar-refractivity contribution in [1.29, 1.82) is 0 Å². The summed E-state index contributed by atoms with van der Waals surface area (Å²) < 4.78 is 3.71. The summed E-state index contributed by atoms with van der Waals surface area (Å²) in [7, 11) is 0. The van der Waals surface area contributed by atoms with Crippen LogP contribution in [0, 0.1) is 0 Å². The molecule has 0 aromatic carbocycles. The Labute approximate surface area is 86.1 Å². The third kappa shape index (κ3) is 2.41. The van der Waals surface area contributed by atoms with Crippen LogP contribution in [0.5, 0.6) is 0 Å². The Balaban J connectivity index is 1.67. The number of nitrogens with one attached hydrogen (secondary N) is 2. The molecule has 5 nitrogen and oxygen atoms in total. The molecule has 1 aromatic heterocycles. The summed E-state index contributed by atoms with van der Waals surface area (Å²) in [4.78, 5) is 12.2. The van der Waals surface area contributed by atoms with Crippen molar-refractivity contribution in [2.24, 2.45) is 0 Å². The van der Waals surface area contributed by atoms with E-state index in [1.165, 1.54) is 18.0 Å². The zero-order chi connectivity index (χ0) is 9.80. The quantitative estimate of drug-likeness (QED) is 0.782. The van der Waals surface area contributed by atoms with Gasteiger partial charge in [-0.25, -0.2) is 4.79 Å². The minimum atomic E-state index is -0.0944. The second-order valence-corrected chi connectivity index (χ2v) is 4.21. The third-order valence-corrected chi connectivity index (χ3v) is 2.93. The maximum atomic E-state index is 11.3. The van der Waals surface area contributed by atoms with Crippen molar-refractivity contribution >= 4 is 17.6 Å². The zero-order valence-corrected chi connectivity index (χ0v) is 8.51. The smallest absolute Gasteiger partial charge is 0.315 e. The maximum Gasteiger partial charge on any atom is 0.315 e. The molecule has 0 bridgehead atoms. The molecule has 1 fully saturated rings. The Bertz CT molecular complexity index is 296. The number of hydrogen-bond acceptors (Lipinski definition) is 4. The van der Waals surface area contributed by atoms with Crippen molar-refractivity contribution in [3.05, 3.63) is 11.1 Å². The standard InChI is InChI=1S/C8H12N4OS/c13-8(11-6-2-1-3-6)9-4-7-5-10-12-14-7/h5-6H,1-4H2,(H2,9,11,13). The van der Waals surface area contributed by atoms with Gasteiger partial charge in [-0.1, -0.05) is 4.49 Å². The van der Waals surface area contributed by atoms with Crippen molar-refractivity contribution in [3.8, 4) is 0 Å². The van der Waals surface area contributed by atoms with Gasteiger partial charge in [0.05, 0.1) is 17.6 Å². The molecule has 0 unspecified atom stereocenters. The van der Waals surface area contributed by atoms with Crippen LogP contribution in [-0.4, -0.2) is 21.7 Å². The highest BCUT2D eigenvalue weighted by Crippen LogP contribution is 2.17. The van der Waals surface area contributed by atoms with Gasteiger partial charge in [0.2, 0.25) is 0 Å². The molecule has 1 aromatic rings. The Morgan fingerprint density at radius 3 is 3.07 bits per heavy atom. The largest absolute Gasteiger partial charge is 0.335 e. The second-order valence-electron chi connectivity index (χ2n) is 3.34. The van der Waals surface area contributed by atoms with Crippen LogP contribution < -0.4 is 10.6 Å². The molecule has 1 aliphatic carbocycles. The average Bonchev–Trinajstić information content (AvgIpc) is 2.60.